The molecule has 0 saturated heterocycles. The van der Waals surface area contributed by atoms with Gasteiger partial charge >= 0.3 is 0 Å². The third-order valence-electron chi connectivity index (χ3n) is 3.33. The van der Waals surface area contributed by atoms with Gasteiger partial charge in [-0.25, -0.2) is 0 Å². The van der Waals surface area contributed by atoms with E-state index in [2.05, 4.69) is 52.8 Å². The first-order valence-electron chi connectivity index (χ1n) is 6.59. The van der Waals surface area contributed by atoms with E-state index in [0.717, 1.165) is 12.8 Å². The van der Waals surface area contributed by atoms with Crippen molar-refractivity contribution in [2.45, 2.75) is 59.9 Å². The molecule has 0 heterocycles. The number of benzene rings is 1. The van der Waals surface area contributed by atoms with E-state index in [-0.39, 0.29) is 6.04 Å². The third-order valence-corrected chi connectivity index (χ3v) is 3.33. The highest BCUT2D eigenvalue weighted by Crippen LogP contribution is 2.22. The fourth-order valence-electron chi connectivity index (χ4n) is 1.95. The van der Waals surface area contributed by atoms with Gasteiger partial charge in [0.2, 0.25) is 0 Å². The highest BCUT2D eigenvalue weighted by atomic mass is 14.6. The summed E-state index contributed by atoms with van der Waals surface area (Å²) in [6.45, 7) is 11.1. The van der Waals surface area contributed by atoms with Crippen molar-refractivity contribution in [1.82, 2.24) is 0 Å². The van der Waals surface area contributed by atoms with Crippen molar-refractivity contribution in [3.63, 3.8) is 0 Å². The van der Waals surface area contributed by atoms with Crippen LogP contribution in [-0.2, 0) is 6.42 Å². The molecule has 0 aliphatic carbocycles. The summed E-state index contributed by atoms with van der Waals surface area (Å²) in [5, 5.41) is 0. The molecule has 0 spiro atoms. The van der Waals surface area contributed by atoms with Gasteiger partial charge < -0.3 is 5.73 Å². The standard InChI is InChI=1S/C16H27N/c1-12-6-7-14(10-13(12)2)11-15(17)8-9-16(3,4)5/h6-7,10,15H,8-9,11,17H2,1-5H3. The lowest BCUT2D eigenvalue weighted by atomic mass is 9.87. The van der Waals surface area contributed by atoms with Crippen LogP contribution in [0.5, 0.6) is 0 Å². The molecule has 2 N–H and O–H groups in total. The van der Waals surface area contributed by atoms with Crippen LogP contribution in [-0.4, -0.2) is 6.04 Å². The monoisotopic (exact) mass is 233 g/mol. The SMILES string of the molecule is Cc1ccc(CC(N)CCC(C)(C)C)cc1C. The molecule has 1 heteroatoms. The summed E-state index contributed by atoms with van der Waals surface area (Å²) in [5.74, 6) is 0. The molecule has 1 nitrogen and oxygen atoms in total. The molecule has 0 amide bonds. The molecule has 1 unspecified atom stereocenters. The van der Waals surface area contributed by atoms with E-state index < -0.39 is 0 Å². The van der Waals surface area contributed by atoms with Crippen molar-refractivity contribution in [3.8, 4) is 0 Å². The molecule has 0 fully saturated rings. The molecule has 0 aliphatic heterocycles. The second-order valence-corrected chi connectivity index (χ2v) is 6.48. The van der Waals surface area contributed by atoms with Gasteiger partial charge in [-0.15, -0.1) is 0 Å². The molecule has 1 atom stereocenters. The molecule has 0 radical (unpaired) electrons. The Morgan fingerprint density at radius 1 is 1.12 bits per heavy atom. The quantitative estimate of drug-likeness (QED) is 0.835. The summed E-state index contributed by atoms with van der Waals surface area (Å²) in [4.78, 5) is 0. The molecular weight excluding hydrogens is 206 g/mol. The summed E-state index contributed by atoms with van der Waals surface area (Å²) in [7, 11) is 0. The van der Waals surface area contributed by atoms with E-state index >= 15 is 0 Å². The molecule has 1 aromatic rings. The molecule has 1 aromatic carbocycles. The van der Waals surface area contributed by atoms with Crippen molar-refractivity contribution in [3.05, 3.63) is 34.9 Å². The van der Waals surface area contributed by atoms with Gasteiger partial charge in [0.25, 0.3) is 0 Å². The van der Waals surface area contributed by atoms with Crippen LogP contribution in [0.2, 0.25) is 0 Å². The fraction of sp³-hybridized carbons (Fsp3) is 0.625. The van der Waals surface area contributed by atoms with Crippen LogP contribution in [0.15, 0.2) is 18.2 Å². The van der Waals surface area contributed by atoms with Gasteiger partial charge in [-0.2, -0.15) is 0 Å². The normalized spacial score (nSPS) is 13.8. The van der Waals surface area contributed by atoms with E-state index in [1.54, 1.807) is 0 Å². The first-order chi connectivity index (χ1) is 7.78. The van der Waals surface area contributed by atoms with Gasteiger partial charge in [0.05, 0.1) is 0 Å². The minimum Gasteiger partial charge on any atom is -0.327 e. The van der Waals surface area contributed by atoms with Gasteiger partial charge in [0.15, 0.2) is 0 Å². The lowest BCUT2D eigenvalue weighted by molar-refractivity contribution is 0.347. The predicted octanol–water partition coefficient (Wildman–Crippen LogP) is 4.00. The maximum Gasteiger partial charge on any atom is 0.00795 e. The zero-order valence-electron chi connectivity index (χ0n) is 12.0. The maximum absolute atomic E-state index is 6.20. The molecule has 0 aromatic heterocycles. The van der Waals surface area contributed by atoms with Crippen LogP contribution >= 0.6 is 0 Å². The molecule has 17 heavy (non-hydrogen) atoms. The summed E-state index contributed by atoms with van der Waals surface area (Å²) < 4.78 is 0. The van der Waals surface area contributed by atoms with E-state index in [1.165, 1.54) is 23.1 Å². The van der Waals surface area contributed by atoms with E-state index in [1.807, 2.05) is 0 Å². The zero-order valence-corrected chi connectivity index (χ0v) is 12.0. The molecular formula is C16H27N. The van der Waals surface area contributed by atoms with Crippen LogP contribution in [0.25, 0.3) is 0 Å². The summed E-state index contributed by atoms with van der Waals surface area (Å²) in [5.41, 5.74) is 10.7. The second-order valence-electron chi connectivity index (χ2n) is 6.48. The van der Waals surface area contributed by atoms with Crippen LogP contribution in [0.4, 0.5) is 0 Å². The summed E-state index contributed by atoms with van der Waals surface area (Å²) in [6, 6.07) is 6.96. The Labute approximate surface area is 106 Å². The maximum atomic E-state index is 6.20. The van der Waals surface area contributed by atoms with Crippen molar-refractivity contribution < 1.29 is 0 Å². The lowest BCUT2D eigenvalue weighted by Crippen LogP contribution is -2.24. The summed E-state index contributed by atoms with van der Waals surface area (Å²) in [6.07, 6.45) is 3.30. The highest BCUT2D eigenvalue weighted by molar-refractivity contribution is 5.30. The van der Waals surface area contributed by atoms with Crippen LogP contribution in [0.1, 0.15) is 50.3 Å². The molecule has 0 saturated carbocycles. The number of nitrogens with two attached hydrogens (primary N) is 1. The first kappa shape index (κ1) is 14.2. The number of rotatable bonds is 4. The number of hydrogen-bond donors (Lipinski definition) is 1. The minimum atomic E-state index is 0.288. The van der Waals surface area contributed by atoms with Crippen LogP contribution in [0, 0.1) is 19.3 Å². The first-order valence-corrected chi connectivity index (χ1v) is 6.59. The van der Waals surface area contributed by atoms with Crippen LogP contribution < -0.4 is 5.73 Å². The molecule has 1 rings (SSSR count). The Kier molecular flexibility index (Phi) is 4.76. The van der Waals surface area contributed by atoms with E-state index in [0.29, 0.717) is 5.41 Å². The zero-order chi connectivity index (χ0) is 13.1. The van der Waals surface area contributed by atoms with Gasteiger partial charge in [0, 0.05) is 6.04 Å². The number of hydrogen-bond acceptors (Lipinski definition) is 1. The topological polar surface area (TPSA) is 26.0 Å². The number of aryl methyl sites for hydroxylation is 2. The average molecular weight is 233 g/mol. The highest BCUT2D eigenvalue weighted by Gasteiger charge is 2.13. The third kappa shape index (κ3) is 5.36. The van der Waals surface area contributed by atoms with Gasteiger partial charge in [-0.3, -0.25) is 0 Å². The molecule has 0 aliphatic rings. The van der Waals surface area contributed by atoms with E-state index in [9.17, 15) is 0 Å². The van der Waals surface area contributed by atoms with Crippen molar-refractivity contribution >= 4 is 0 Å². The predicted molar refractivity (Wildman–Crippen MR) is 76.3 cm³/mol. The average Bonchev–Trinajstić information content (AvgIpc) is 2.20. The second kappa shape index (κ2) is 5.68. The smallest absolute Gasteiger partial charge is 0.00795 e. The Balaban J connectivity index is 2.50. The Morgan fingerprint density at radius 2 is 1.76 bits per heavy atom. The van der Waals surface area contributed by atoms with Gasteiger partial charge in [-0.1, -0.05) is 39.0 Å². The molecule has 0 bridgehead atoms. The van der Waals surface area contributed by atoms with Gasteiger partial charge in [-0.05, 0) is 55.2 Å². The molecule has 96 valence electrons. The van der Waals surface area contributed by atoms with Crippen molar-refractivity contribution in [2.24, 2.45) is 11.1 Å². The largest absolute Gasteiger partial charge is 0.327 e. The minimum absolute atomic E-state index is 0.288. The lowest BCUT2D eigenvalue weighted by Gasteiger charge is -2.21. The fourth-order valence-corrected chi connectivity index (χ4v) is 1.95. The van der Waals surface area contributed by atoms with Crippen molar-refractivity contribution in [1.29, 1.82) is 0 Å². The van der Waals surface area contributed by atoms with Crippen LogP contribution in [0.3, 0.4) is 0 Å². The van der Waals surface area contributed by atoms with Gasteiger partial charge in [0.1, 0.15) is 0 Å². The van der Waals surface area contributed by atoms with E-state index in [4.69, 9.17) is 5.73 Å². The Morgan fingerprint density at radius 3 is 2.29 bits per heavy atom. The van der Waals surface area contributed by atoms with Crippen molar-refractivity contribution in [2.75, 3.05) is 0 Å². The Hall–Kier alpha value is -0.820. The summed E-state index contributed by atoms with van der Waals surface area (Å²) >= 11 is 0. The Bertz CT molecular complexity index is 360.